The predicted molar refractivity (Wildman–Crippen MR) is 44.9 cm³/mol. The first-order chi connectivity index (χ1) is 5.64. The van der Waals surface area contributed by atoms with E-state index in [1.165, 1.54) is 12.8 Å². The van der Waals surface area contributed by atoms with Crippen molar-refractivity contribution in [3.05, 3.63) is 0 Å². The molecule has 0 amide bonds. The number of carboxylic acid groups (broad SMARTS) is 1. The molecule has 2 rings (SSSR count). The van der Waals surface area contributed by atoms with Crippen LogP contribution in [0.3, 0.4) is 0 Å². The van der Waals surface area contributed by atoms with Gasteiger partial charge >= 0.3 is 5.97 Å². The first-order valence-corrected chi connectivity index (χ1v) is 4.62. The minimum atomic E-state index is -0.630. The number of carbonyl (C=O) groups is 1. The lowest BCUT2D eigenvalue weighted by Gasteiger charge is -2.29. The lowest BCUT2D eigenvalue weighted by atomic mass is 9.83. The van der Waals surface area contributed by atoms with Gasteiger partial charge < -0.3 is 10.4 Å². The quantitative estimate of drug-likeness (QED) is 0.644. The van der Waals surface area contributed by atoms with Crippen LogP contribution in [0.4, 0.5) is 0 Å². The Morgan fingerprint density at radius 1 is 1.50 bits per heavy atom. The van der Waals surface area contributed by atoms with Crippen LogP contribution in [0.1, 0.15) is 26.2 Å². The second-order valence-electron chi connectivity index (χ2n) is 4.16. The Labute approximate surface area is 72.2 Å². The largest absolute Gasteiger partial charge is 0.481 e. The molecular weight excluding hydrogens is 154 g/mol. The third-order valence-electron chi connectivity index (χ3n) is 3.39. The van der Waals surface area contributed by atoms with Crippen molar-refractivity contribution in [1.82, 2.24) is 5.32 Å². The fourth-order valence-corrected chi connectivity index (χ4v) is 2.40. The summed E-state index contributed by atoms with van der Waals surface area (Å²) in [6.45, 7) is 2.93. The Balaban J connectivity index is 2.16. The normalized spacial score (nSPS) is 41.6. The molecule has 68 valence electrons. The molecule has 0 bridgehead atoms. The number of nitrogens with one attached hydrogen (secondary N) is 1. The highest BCUT2D eigenvalue weighted by Gasteiger charge is 2.52. The van der Waals surface area contributed by atoms with E-state index in [1.54, 1.807) is 0 Å². The van der Waals surface area contributed by atoms with Gasteiger partial charge in [0.2, 0.25) is 0 Å². The monoisotopic (exact) mass is 169 g/mol. The fourth-order valence-electron chi connectivity index (χ4n) is 2.40. The lowest BCUT2D eigenvalue weighted by molar-refractivity contribution is -0.143. The molecular formula is C9H15NO2. The van der Waals surface area contributed by atoms with Crippen LogP contribution in [0.5, 0.6) is 0 Å². The van der Waals surface area contributed by atoms with Gasteiger partial charge in [-0.1, -0.05) is 0 Å². The van der Waals surface area contributed by atoms with Crippen molar-refractivity contribution in [2.24, 2.45) is 11.8 Å². The van der Waals surface area contributed by atoms with E-state index in [1.807, 2.05) is 0 Å². The molecule has 1 aliphatic heterocycles. The van der Waals surface area contributed by atoms with Crippen LogP contribution in [0.15, 0.2) is 0 Å². The van der Waals surface area contributed by atoms with Crippen molar-refractivity contribution in [2.75, 3.05) is 6.54 Å². The van der Waals surface area contributed by atoms with E-state index in [9.17, 15) is 4.79 Å². The highest BCUT2D eigenvalue weighted by atomic mass is 16.4. The number of rotatable bonds is 2. The van der Waals surface area contributed by atoms with E-state index in [-0.39, 0.29) is 11.5 Å². The molecule has 1 heterocycles. The van der Waals surface area contributed by atoms with Gasteiger partial charge in [-0.25, -0.2) is 0 Å². The van der Waals surface area contributed by atoms with Crippen LogP contribution in [0, 0.1) is 11.8 Å². The SMILES string of the molecule is CC1(C2CC2)NCCC1C(=O)O. The zero-order chi connectivity index (χ0) is 8.77. The van der Waals surface area contributed by atoms with Gasteiger partial charge in [0.25, 0.3) is 0 Å². The van der Waals surface area contributed by atoms with Crippen molar-refractivity contribution in [3.8, 4) is 0 Å². The average Bonchev–Trinajstić information content (AvgIpc) is 2.76. The number of carboxylic acids is 1. The summed E-state index contributed by atoms with van der Waals surface area (Å²) in [7, 11) is 0. The molecule has 2 fully saturated rings. The molecule has 2 N–H and O–H groups in total. The average molecular weight is 169 g/mol. The number of hydrogen-bond donors (Lipinski definition) is 2. The Morgan fingerprint density at radius 3 is 2.67 bits per heavy atom. The van der Waals surface area contributed by atoms with Gasteiger partial charge in [0.15, 0.2) is 0 Å². The summed E-state index contributed by atoms with van der Waals surface area (Å²) in [5.74, 6) is -0.180. The van der Waals surface area contributed by atoms with Gasteiger partial charge in [0.1, 0.15) is 0 Å². The van der Waals surface area contributed by atoms with Crippen LogP contribution in [0.25, 0.3) is 0 Å². The molecule has 2 unspecified atom stereocenters. The van der Waals surface area contributed by atoms with Crippen molar-refractivity contribution in [1.29, 1.82) is 0 Å². The van der Waals surface area contributed by atoms with Crippen molar-refractivity contribution in [2.45, 2.75) is 31.7 Å². The molecule has 12 heavy (non-hydrogen) atoms. The molecule has 1 saturated carbocycles. The topological polar surface area (TPSA) is 49.3 Å². The molecule has 0 aromatic heterocycles. The maximum atomic E-state index is 10.9. The third kappa shape index (κ3) is 1.04. The fraction of sp³-hybridized carbons (Fsp3) is 0.889. The van der Waals surface area contributed by atoms with Gasteiger partial charge in [-0.3, -0.25) is 4.79 Å². The van der Waals surface area contributed by atoms with Crippen LogP contribution in [-0.2, 0) is 4.79 Å². The summed E-state index contributed by atoms with van der Waals surface area (Å²) in [4.78, 5) is 10.9. The van der Waals surface area contributed by atoms with Crippen LogP contribution in [-0.4, -0.2) is 23.2 Å². The Morgan fingerprint density at radius 2 is 2.17 bits per heavy atom. The predicted octanol–water partition coefficient (Wildman–Crippen LogP) is 0.849. The first-order valence-electron chi connectivity index (χ1n) is 4.62. The van der Waals surface area contributed by atoms with Crippen LogP contribution < -0.4 is 5.32 Å². The number of aliphatic carboxylic acids is 1. The molecule has 1 aliphatic carbocycles. The van der Waals surface area contributed by atoms with Gasteiger partial charge in [-0.05, 0) is 38.6 Å². The Hall–Kier alpha value is -0.570. The standard InChI is InChI=1S/C9H15NO2/c1-9(6-2-3-6)7(8(11)12)4-5-10-9/h6-7,10H,2-5H2,1H3,(H,11,12). The smallest absolute Gasteiger partial charge is 0.308 e. The van der Waals surface area contributed by atoms with Gasteiger partial charge in [0, 0.05) is 5.54 Å². The first kappa shape index (κ1) is 8.05. The van der Waals surface area contributed by atoms with E-state index >= 15 is 0 Å². The maximum absolute atomic E-state index is 10.9. The summed E-state index contributed by atoms with van der Waals surface area (Å²) >= 11 is 0. The molecule has 0 radical (unpaired) electrons. The summed E-state index contributed by atoms with van der Waals surface area (Å²) in [6.07, 6.45) is 3.20. The molecule has 0 spiro atoms. The van der Waals surface area contributed by atoms with E-state index < -0.39 is 5.97 Å². The summed E-state index contributed by atoms with van der Waals surface area (Å²) in [5.41, 5.74) is -0.105. The summed E-state index contributed by atoms with van der Waals surface area (Å²) < 4.78 is 0. The molecule has 0 aromatic rings. The zero-order valence-electron chi connectivity index (χ0n) is 7.34. The third-order valence-corrected chi connectivity index (χ3v) is 3.39. The van der Waals surface area contributed by atoms with Crippen molar-refractivity contribution in [3.63, 3.8) is 0 Å². The lowest BCUT2D eigenvalue weighted by Crippen LogP contribution is -2.46. The van der Waals surface area contributed by atoms with Crippen LogP contribution >= 0.6 is 0 Å². The van der Waals surface area contributed by atoms with E-state index in [4.69, 9.17) is 5.11 Å². The molecule has 2 atom stereocenters. The number of hydrogen-bond acceptors (Lipinski definition) is 2. The van der Waals surface area contributed by atoms with Crippen molar-refractivity contribution >= 4 is 5.97 Å². The molecule has 2 aliphatic rings. The highest BCUT2D eigenvalue weighted by Crippen LogP contribution is 2.46. The molecule has 1 saturated heterocycles. The van der Waals surface area contributed by atoms with E-state index in [2.05, 4.69) is 12.2 Å². The molecule has 3 heteroatoms. The second kappa shape index (κ2) is 2.46. The second-order valence-corrected chi connectivity index (χ2v) is 4.16. The van der Waals surface area contributed by atoms with Gasteiger partial charge in [-0.15, -0.1) is 0 Å². The minimum absolute atomic E-state index is 0.105. The highest BCUT2D eigenvalue weighted by molar-refractivity contribution is 5.72. The van der Waals surface area contributed by atoms with Crippen LogP contribution in [0.2, 0.25) is 0 Å². The van der Waals surface area contributed by atoms with E-state index in [0.29, 0.717) is 5.92 Å². The molecule has 0 aromatic carbocycles. The summed E-state index contributed by atoms with van der Waals surface area (Å²) in [5, 5.41) is 12.3. The van der Waals surface area contributed by atoms with E-state index in [0.717, 1.165) is 13.0 Å². The van der Waals surface area contributed by atoms with Gasteiger partial charge in [-0.2, -0.15) is 0 Å². The van der Waals surface area contributed by atoms with Gasteiger partial charge in [0.05, 0.1) is 5.92 Å². The Kier molecular flexibility index (Phi) is 1.65. The minimum Gasteiger partial charge on any atom is -0.481 e. The zero-order valence-corrected chi connectivity index (χ0v) is 7.34. The maximum Gasteiger partial charge on any atom is 0.308 e. The van der Waals surface area contributed by atoms with Crippen molar-refractivity contribution < 1.29 is 9.90 Å². The Bertz CT molecular complexity index is 213. The summed E-state index contributed by atoms with van der Waals surface area (Å²) in [6, 6.07) is 0. The molecule has 3 nitrogen and oxygen atoms in total.